The molecule has 106 valence electrons. The molecule has 5 heteroatoms. The van der Waals surface area contributed by atoms with E-state index in [2.05, 4.69) is 30.6 Å². The summed E-state index contributed by atoms with van der Waals surface area (Å²) in [5.74, 6) is -1.01. The third-order valence-corrected chi connectivity index (χ3v) is 4.48. The van der Waals surface area contributed by atoms with Gasteiger partial charge in [-0.1, -0.05) is 26.0 Å². The molecule has 0 atom stereocenters. The Balaban J connectivity index is 2.16. The minimum absolute atomic E-state index is 0.0418. The summed E-state index contributed by atoms with van der Waals surface area (Å²) in [6.07, 6.45) is 0. The lowest BCUT2D eigenvalue weighted by Crippen LogP contribution is -2.27. The van der Waals surface area contributed by atoms with Crippen molar-refractivity contribution >= 4 is 28.7 Å². The molecule has 1 aromatic heterocycles. The average Bonchev–Trinajstić information content (AvgIpc) is 2.92. The summed E-state index contributed by atoms with van der Waals surface area (Å²) in [6, 6.07) is 9.13. The number of nitrogens with one attached hydrogen (secondary N) is 1. The monoisotopic (exact) mass is 290 g/mol. The Bertz CT molecular complexity index is 606. The number of hydrogen-bond donors (Lipinski definition) is 3. The van der Waals surface area contributed by atoms with Crippen LogP contribution < -0.4 is 11.1 Å². The largest absolute Gasteiger partial charge is 0.478 e. The summed E-state index contributed by atoms with van der Waals surface area (Å²) in [7, 11) is 0. The number of aromatic carboxylic acids is 1. The molecular weight excluding hydrogens is 272 g/mol. The van der Waals surface area contributed by atoms with Gasteiger partial charge < -0.3 is 16.2 Å². The maximum Gasteiger partial charge on any atom is 0.337 e. The van der Waals surface area contributed by atoms with Gasteiger partial charge in [-0.3, -0.25) is 0 Å². The van der Waals surface area contributed by atoms with Gasteiger partial charge in [0.05, 0.1) is 16.9 Å². The van der Waals surface area contributed by atoms with Gasteiger partial charge in [-0.05, 0) is 23.6 Å². The van der Waals surface area contributed by atoms with E-state index in [4.69, 9.17) is 10.8 Å². The lowest BCUT2D eigenvalue weighted by atomic mass is 9.91. The van der Waals surface area contributed by atoms with E-state index in [1.165, 1.54) is 10.9 Å². The van der Waals surface area contributed by atoms with Crippen molar-refractivity contribution < 1.29 is 9.90 Å². The van der Waals surface area contributed by atoms with Crippen molar-refractivity contribution in [2.24, 2.45) is 0 Å². The smallest absolute Gasteiger partial charge is 0.337 e. The molecule has 0 radical (unpaired) electrons. The molecule has 0 fully saturated rings. The van der Waals surface area contributed by atoms with Crippen LogP contribution >= 0.6 is 11.3 Å². The molecule has 0 saturated carbocycles. The predicted molar refractivity (Wildman–Crippen MR) is 83.6 cm³/mol. The van der Waals surface area contributed by atoms with Gasteiger partial charge in [0.15, 0.2) is 0 Å². The number of carbonyl (C=O) groups is 1. The van der Waals surface area contributed by atoms with Gasteiger partial charge in [-0.2, -0.15) is 0 Å². The van der Waals surface area contributed by atoms with E-state index in [0.29, 0.717) is 12.2 Å². The molecule has 2 rings (SSSR count). The van der Waals surface area contributed by atoms with Crippen molar-refractivity contribution in [1.82, 2.24) is 0 Å². The summed E-state index contributed by atoms with van der Waals surface area (Å²) in [5.41, 5.74) is 6.92. The molecular formula is C15H18N2O2S. The highest BCUT2D eigenvalue weighted by Crippen LogP contribution is 2.29. The molecule has 0 amide bonds. The van der Waals surface area contributed by atoms with Gasteiger partial charge in [0.2, 0.25) is 0 Å². The number of hydrogen-bond acceptors (Lipinski definition) is 4. The van der Waals surface area contributed by atoms with Crippen molar-refractivity contribution in [3.63, 3.8) is 0 Å². The van der Waals surface area contributed by atoms with Gasteiger partial charge in [-0.15, -0.1) is 11.3 Å². The lowest BCUT2D eigenvalue weighted by Gasteiger charge is -2.25. The number of nitrogens with two attached hydrogens (primary N) is 1. The van der Waals surface area contributed by atoms with Crippen LogP contribution in [0.15, 0.2) is 35.7 Å². The molecule has 1 heterocycles. The second kappa shape index (κ2) is 5.54. The highest BCUT2D eigenvalue weighted by atomic mass is 32.1. The zero-order chi connectivity index (χ0) is 14.8. The molecule has 0 saturated heterocycles. The first-order valence-electron chi connectivity index (χ1n) is 6.31. The Morgan fingerprint density at radius 3 is 2.70 bits per heavy atom. The van der Waals surface area contributed by atoms with Gasteiger partial charge >= 0.3 is 5.97 Å². The van der Waals surface area contributed by atoms with E-state index in [1.54, 1.807) is 23.5 Å². The Labute approximate surface area is 122 Å². The first-order valence-corrected chi connectivity index (χ1v) is 7.19. The SMILES string of the molecule is CC(C)(CNc1cccc(C(=O)O)c1N)c1cccs1. The number of carboxylic acids is 1. The molecule has 0 bridgehead atoms. The predicted octanol–water partition coefficient (Wildman–Crippen LogP) is 3.42. The van der Waals surface area contributed by atoms with Gasteiger partial charge in [0.25, 0.3) is 0 Å². The minimum atomic E-state index is -1.01. The van der Waals surface area contributed by atoms with E-state index >= 15 is 0 Å². The number of benzene rings is 1. The maximum absolute atomic E-state index is 11.1. The molecule has 4 N–H and O–H groups in total. The minimum Gasteiger partial charge on any atom is -0.478 e. The van der Waals surface area contributed by atoms with Crippen LogP contribution in [0.3, 0.4) is 0 Å². The van der Waals surface area contributed by atoms with Gasteiger partial charge in [0.1, 0.15) is 0 Å². The van der Waals surface area contributed by atoms with Crippen molar-refractivity contribution in [3.8, 4) is 0 Å². The van der Waals surface area contributed by atoms with Crippen molar-refractivity contribution in [2.45, 2.75) is 19.3 Å². The number of anilines is 2. The van der Waals surface area contributed by atoms with Gasteiger partial charge in [0, 0.05) is 16.8 Å². The summed E-state index contributed by atoms with van der Waals surface area (Å²) in [6.45, 7) is 4.97. The van der Waals surface area contributed by atoms with E-state index in [-0.39, 0.29) is 16.7 Å². The van der Waals surface area contributed by atoms with Crippen LogP contribution in [0.25, 0.3) is 0 Å². The third-order valence-electron chi connectivity index (χ3n) is 3.25. The number of rotatable bonds is 5. The molecule has 0 unspecified atom stereocenters. The Hall–Kier alpha value is -2.01. The second-order valence-corrected chi connectivity index (χ2v) is 6.23. The number of nitrogen functional groups attached to an aromatic ring is 1. The topological polar surface area (TPSA) is 75.3 Å². The Kier molecular flexibility index (Phi) is 3.99. The highest BCUT2D eigenvalue weighted by molar-refractivity contribution is 7.10. The molecule has 2 aromatic rings. The van der Waals surface area contributed by atoms with E-state index in [0.717, 1.165) is 0 Å². The van der Waals surface area contributed by atoms with Crippen molar-refractivity contribution in [3.05, 3.63) is 46.2 Å². The van der Waals surface area contributed by atoms with Crippen molar-refractivity contribution in [1.29, 1.82) is 0 Å². The fourth-order valence-corrected chi connectivity index (χ4v) is 2.82. The number of para-hydroxylation sites is 1. The van der Waals surface area contributed by atoms with Crippen LogP contribution in [0.1, 0.15) is 29.1 Å². The van der Waals surface area contributed by atoms with Crippen LogP contribution in [0.5, 0.6) is 0 Å². The fourth-order valence-electron chi connectivity index (χ4n) is 1.97. The molecule has 0 aliphatic rings. The van der Waals surface area contributed by atoms with Crippen molar-refractivity contribution in [2.75, 3.05) is 17.6 Å². The number of carboxylic acid groups (broad SMARTS) is 1. The van der Waals surface area contributed by atoms with Crippen LogP contribution in [-0.2, 0) is 5.41 Å². The zero-order valence-corrected chi connectivity index (χ0v) is 12.3. The van der Waals surface area contributed by atoms with Gasteiger partial charge in [-0.25, -0.2) is 4.79 Å². The molecule has 1 aromatic carbocycles. The third kappa shape index (κ3) is 2.93. The summed E-state index contributed by atoms with van der Waals surface area (Å²) in [4.78, 5) is 12.3. The van der Waals surface area contributed by atoms with E-state index in [9.17, 15) is 4.79 Å². The Morgan fingerprint density at radius 1 is 1.35 bits per heavy atom. The number of thiophene rings is 1. The summed E-state index contributed by atoms with van der Waals surface area (Å²) in [5, 5.41) is 14.4. The molecule has 4 nitrogen and oxygen atoms in total. The molecule has 20 heavy (non-hydrogen) atoms. The molecule has 0 aliphatic carbocycles. The zero-order valence-electron chi connectivity index (χ0n) is 11.5. The lowest BCUT2D eigenvalue weighted by molar-refractivity contribution is 0.0698. The quantitative estimate of drug-likeness (QED) is 0.738. The first-order chi connectivity index (χ1) is 9.42. The van der Waals surface area contributed by atoms with Crippen LogP contribution in [0.2, 0.25) is 0 Å². The summed E-state index contributed by atoms with van der Waals surface area (Å²) < 4.78 is 0. The second-order valence-electron chi connectivity index (χ2n) is 5.29. The maximum atomic E-state index is 11.1. The van der Waals surface area contributed by atoms with E-state index in [1.807, 2.05) is 6.07 Å². The Morgan fingerprint density at radius 2 is 2.10 bits per heavy atom. The standard InChI is InChI=1S/C15H18N2O2S/c1-15(2,12-7-4-8-20-12)9-17-11-6-3-5-10(13(11)16)14(18)19/h3-8,17H,9,16H2,1-2H3,(H,18,19). The normalized spacial score (nSPS) is 11.3. The van der Waals surface area contributed by atoms with Crippen LogP contribution in [0, 0.1) is 0 Å². The van der Waals surface area contributed by atoms with Crippen LogP contribution in [-0.4, -0.2) is 17.6 Å². The molecule has 0 spiro atoms. The first kappa shape index (κ1) is 14.4. The average molecular weight is 290 g/mol. The fraction of sp³-hybridized carbons (Fsp3) is 0.267. The van der Waals surface area contributed by atoms with Crippen LogP contribution in [0.4, 0.5) is 11.4 Å². The highest BCUT2D eigenvalue weighted by Gasteiger charge is 2.22. The van der Waals surface area contributed by atoms with E-state index < -0.39 is 5.97 Å². The molecule has 0 aliphatic heterocycles. The summed E-state index contributed by atoms with van der Waals surface area (Å²) >= 11 is 1.71.